The van der Waals surface area contributed by atoms with Crippen LogP contribution in [0, 0.1) is 5.82 Å². The van der Waals surface area contributed by atoms with E-state index in [2.05, 4.69) is 134 Å². The van der Waals surface area contributed by atoms with Gasteiger partial charge in [0.15, 0.2) is 5.71 Å². The van der Waals surface area contributed by atoms with Crippen LogP contribution in [0.25, 0.3) is 21.9 Å². The topological polar surface area (TPSA) is 122 Å². The first-order valence-corrected chi connectivity index (χ1v) is 26.1. The highest BCUT2D eigenvalue weighted by Gasteiger charge is 2.45. The summed E-state index contributed by atoms with van der Waals surface area (Å²) in [5, 5.41) is 8.45. The number of rotatable bonds is 21. The molecule has 362 valence electrons. The smallest absolute Gasteiger partial charge is 0.227 e. The van der Waals surface area contributed by atoms with Crippen molar-refractivity contribution in [2.75, 3.05) is 36.8 Å². The second-order valence-electron chi connectivity index (χ2n) is 19.4. The molecule has 0 fully saturated rings. The number of unbranched alkanes of at least 4 members (excludes halogenated alkanes) is 4. The van der Waals surface area contributed by atoms with Crippen LogP contribution in [0.1, 0.15) is 108 Å². The quantitative estimate of drug-likeness (QED) is 0.0327. The van der Waals surface area contributed by atoms with E-state index in [-0.39, 0.29) is 34.2 Å². The third-order valence-corrected chi connectivity index (χ3v) is 14.6. The second kappa shape index (κ2) is 22.1. The number of anilines is 1. The molecule has 0 saturated carbocycles. The molecule has 0 aliphatic carbocycles. The Bertz CT molecular complexity index is 2920. The minimum absolute atomic E-state index is 0.00774. The summed E-state index contributed by atoms with van der Waals surface area (Å²) in [7, 11) is -4.27. The number of carbonyl (C=O) groups excluding carboxylic acids is 2. The monoisotopic (exact) mass is 950 g/mol. The highest BCUT2D eigenvalue weighted by Crippen LogP contribution is 2.48. The number of hydrogen-bond acceptors (Lipinski definition) is 6. The Kier molecular flexibility index (Phi) is 16.2. The van der Waals surface area contributed by atoms with E-state index >= 15 is 0 Å². The number of halogens is 1. The van der Waals surface area contributed by atoms with E-state index in [0.29, 0.717) is 50.0 Å². The van der Waals surface area contributed by atoms with Gasteiger partial charge in [0.25, 0.3) is 0 Å². The average molecular weight is 951 g/mol. The lowest BCUT2D eigenvalue weighted by molar-refractivity contribution is -0.438. The van der Waals surface area contributed by atoms with Gasteiger partial charge in [-0.05, 0) is 104 Å². The summed E-state index contributed by atoms with van der Waals surface area (Å²) in [5.74, 6) is -1.30. The van der Waals surface area contributed by atoms with Gasteiger partial charge in [-0.2, -0.15) is 4.58 Å². The van der Waals surface area contributed by atoms with Gasteiger partial charge in [-0.25, -0.2) is 12.8 Å². The molecule has 5 aromatic rings. The molecule has 9 nitrogen and oxygen atoms in total. The Labute approximate surface area is 408 Å². The summed E-state index contributed by atoms with van der Waals surface area (Å²) >= 11 is 0. The van der Waals surface area contributed by atoms with Crippen molar-refractivity contribution < 1.29 is 31.5 Å². The molecule has 2 heterocycles. The molecule has 2 N–H and O–H groups in total. The highest BCUT2D eigenvalue weighted by atomic mass is 32.2. The SMILES string of the molecule is CCN1/C(=C/C=C/C=C/C2=[N+](CCCCS(=O)(=O)[O-])c3ccc4ccccc4c3C2(C)C)C(C)(C)c2cc(CC(=O)NCCCCCCNC(=O)[C@@H](C)c3ccc(-c4ccccc4)c(F)c3)ccc21. The largest absolute Gasteiger partial charge is 0.748 e. The van der Waals surface area contributed by atoms with Gasteiger partial charge in [-0.15, -0.1) is 0 Å². The zero-order valence-electron chi connectivity index (χ0n) is 41.0. The lowest BCUT2D eigenvalue weighted by atomic mass is 9.79. The van der Waals surface area contributed by atoms with Crippen molar-refractivity contribution in [1.82, 2.24) is 10.6 Å². The van der Waals surface area contributed by atoms with E-state index in [9.17, 15) is 27.0 Å². The van der Waals surface area contributed by atoms with Crippen LogP contribution in [0.15, 0.2) is 139 Å². The van der Waals surface area contributed by atoms with Crippen molar-refractivity contribution in [3.8, 4) is 11.1 Å². The van der Waals surface area contributed by atoms with E-state index in [0.717, 1.165) is 60.4 Å². The third-order valence-electron chi connectivity index (χ3n) is 13.8. The number of nitrogens with zero attached hydrogens (tertiary/aromatic N) is 2. The minimum atomic E-state index is -4.27. The van der Waals surface area contributed by atoms with Crippen molar-refractivity contribution in [3.05, 3.63) is 167 Å². The van der Waals surface area contributed by atoms with Gasteiger partial charge in [0, 0.05) is 71.9 Å². The molecular formula is C58H67FN4O5S. The fraction of sp³-hybridized carbons (Fsp3) is 0.362. The second-order valence-corrected chi connectivity index (χ2v) is 20.9. The molecule has 2 aliphatic rings. The van der Waals surface area contributed by atoms with Gasteiger partial charge >= 0.3 is 0 Å². The molecule has 69 heavy (non-hydrogen) atoms. The van der Waals surface area contributed by atoms with Gasteiger partial charge < -0.3 is 20.1 Å². The van der Waals surface area contributed by atoms with Gasteiger partial charge in [0.05, 0.1) is 27.9 Å². The number of carbonyl (C=O) groups is 2. The maximum absolute atomic E-state index is 14.9. The van der Waals surface area contributed by atoms with E-state index in [1.54, 1.807) is 13.0 Å². The molecular weight excluding hydrogens is 884 g/mol. The molecule has 5 aromatic carbocycles. The van der Waals surface area contributed by atoms with Crippen molar-refractivity contribution in [2.45, 2.75) is 103 Å². The van der Waals surface area contributed by atoms with Crippen LogP contribution in [0.3, 0.4) is 0 Å². The molecule has 1 atom stereocenters. The van der Waals surface area contributed by atoms with Crippen molar-refractivity contribution in [2.24, 2.45) is 0 Å². The summed E-state index contributed by atoms with van der Waals surface area (Å²) < 4.78 is 51.2. The van der Waals surface area contributed by atoms with Crippen LogP contribution in [-0.2, 0) is 37.0 Å². The number of fused-ring (bicyclic) bond motifs is 4. The number of benzene rings is 5. The zero-order chi connectivity index (χ0) is 49.3. The van der Waals surface area contributed by atoms with Gasteiger partial charge in [0.2, 0.25) is 17.5 Å². The van der Waals surface area contributed by atoms with E-state index < -0.39 is 16.0 Å². The van der Waals surface area contributed by atoms with Crippen LogP contribution < -0.4 is 15.5 Å². The summed E-state index contributed by atoms with van der Waals surface area (Å²) in [6.07, 6.45) is 15.2. The van der Waals surface area contributed by atoms with Crippen LogP contribution in [0.2, 0.25) is 0 Å². The van der Waals surface area contributed by atoms with Crippen LogP contribution in [0.5, 0.6) is 0 Å². The molecule has 0 unspecified atom stereocenters. The van der Waals surface area contributed by atoms with Gasteiger partial charge in [0.1, 0.15) is 12.4 Å². The Morgan fingerprint density at radius 1 is 0.797 bits per heavy atom. The van der Waals surface area contributed by atoms with E-state index in [1.807, 2.05) is 42.5 Å². The first-order chi connectivity index (χ1) is 33.0. The normalized spacial score (nSPS) is 16.2. The molecule has 0 aromatic heterocycles. The molecule has 2 amide bonds. The predicted molar refractivity (Wildman–Crippen MR) is 278 cm³/mol. The molecule has 0 bridgehead atoms. The summed E-state index contributed by atoms with van der Waals surface area (Å²) in [5.41, 5.74) is 9.29. The standard InChI is InChI=1S/C58H67FN4O5S/c1-7-62-50-32-28-42(39-54(64)60-34-18-8-9-19-35-61-56(65)41(2)45-29-31-46(49(59)40-45)43-22-12-10-13-23-43)38-48(50)57(3,4)52(62)26-14-11-15-27-53-58(5,6)55-47-25-17-16-24-44(47)30-33-51(55)63(53)36-20-21-37-69(66,67)68/h10-17,22-33,38,40-41H,7-9,18-21,34-37,39H2,1-6H3,(H2-,60,61,64,65,66,67,68)/t41-/m0/s1. The molecule has 2 aliphatic heterocycles. The van der Waals surface area contributed by atoms with Crippen molar-refractivity contribution >= 4 is 49.8 Å². The Morgan fingerprint density at radius 2 is 1.52 bits per heavy atom. The van der Waals surface area contributed by atoms with Gasteiger partial charge in [-0.3, -0.25) is 9.59 Å². The Morgan fingerprint density at radius 3 is 2.25 bits per heavy atom. The van der Waals surface area contributed by atoms with Crippen LogP contribution in [0.4, 0.5) is 15.8 Å². The first-order valence-electron chi connectivity index (χ1n) is 24.5. The van der Waals surface area contributed by atoms with Crippen LogP contribution >= 0.6 is 0 Å². The highest BCUT2D eigenvalue weighted by molar-refractivity contribution is 7.85. The summed E-state index contributed by atoms with van der Waals surface area (Å²) in [4.78, 5) is 28.3. The summed E-state index contributed by atoms with van der Waals surface area (Å²) in [6.45, 7) is 15.4. The third kappa shape index (κ3) is 11.8. The Balaban J connectivity index is 0.894. The Hall–Kier alpha value is -6.17. The maximum Gasteiger partial charge on any atom is 0.227 e. The number of hydrogen-bond donors (Lipinski definition) is 2. The van der Waals surface area contributed by atoms with E-state index in [4.69, 9.17) is 0 Å². The summed E-state index contributed by atoms with van der Waals surface area (Å²) in [6, 6.07) is 33.4. The zero-order valence-corrected chi connectivity index (χ0v) is 41.8. The van der Waals surface area contributed by atoms with Crippen molar-refractivity contribution in [1.29, 1.82) is 0 Å². The van der Waals surface area contributed by atoms with Gasteiger partial charge in [-0.1, -0.05) is 124 Å². The number of likely N-dealkylation sites (N-methyl/N-ethyl adjacent to an activating group) is 1. The maximum atomic E-state index is 14.9. The number of allylic oxidation sites excluding steroid dienone is 6. The molecule has 11 heteroatoms. The van der Waals surface area contributed by atoms with Crippen LogP contribution in [-0.4, -0.2) is 67.0 Å². The average Bonchev–Trinajstić information content (AvgIpc) is 3.68. The molecule has 7 rings (SSSR count). The predicted octanol–water partition coefficient (Wildman–Crippen LogP) is 11.3. The first kappa shape index (κ1) is 50.7. The number of amides is 2. The van der Waals surface area contributed by atoms with Crippen molar-refractivity contribution in [3.63, 3.8) is 0 Å². The minimum Gasteiger partial charge on any atom is -0.748 e. The van der Waals surface area contributed by atoms with E-state index in [1.165, 1.54) is 33.7 Å². The number of nitrogens with one attached hydrogen (secondary N) is 2. The molecule has 0 radical (unpaired) electrons. The lowest BCUT2D eigenvalue weighted by Crippen LogP contribution is -2.29. The fourth-order valence-electron chi connectivity index (χ4n) is 10.1. The fourth-order valence-corrected chi connectivity index (χ4v) is 10.7. The molecule has 0 spiro atoms. The molecule has 0 saturated heterocycles. The lowest BCUT2D eigenvalue weighted by Gasteiger charge is -2.25.